The fraction of sp³-hybridized carbons (Fsp3) is 0.400. The third-order valence-electron chi connectivity index (χ3n) is 2.63. The molecule has 1 aromatic carbocycles. The Morgan fingerprint density at radius 3 is 3.00 bits per heavy atom. The summed E-state index contributed by atoms with van der Waals surface area (Å²) in [7, 11) is 1.67. The van der Waals surface area contributed by atoms with Crippen LogP contribution in [0.3, 0.4) is 0 Å². The van der Waals surface area contributed by atoms with Crippen molar-refractivity contribution in [1.82, 2.24) is 10.6 Å². The number of amides is 1. The number of rotatable bonds is 10. The standard InChI is InChI=1S/C15H21BrN2O3/c1-3-6-18-15(19)11-21-13-4-5-14(16)12(9-13)10-17-7-8-20-2/h3-5,9,17H,1,6-8,10-11H2,2H3,(H,18,19). The summed E-state index contributed by atoms with van der Waals surface area (Å²) in [4.78, 5) is 11.5. The molecule has 0 saturated carbocycles. The van der Waals surface area contributed by atoms with Gasteiger partial charge in [-0.1, -0.05) is 22.0 Å². The van der Waals surface area contributed by atoms with Gasteiger partial charge in [-0.25, -0.2) is 0 Å². The highest BCUT2D eigenvalue weighted by Crippen LogP contribution is 2.22. The fourth-order valence-corrected chi connectivity index (χ4v) is 1.95. The van der Waals surface area contributed by atoms with Crippen LogP contribution in [-0.2, 0) is 16.1 Å². The first kappa shape index (κ1) is 17.7. The number of hydrogen-bond acceptors (Lipinski definition) is 4. The highest BCUT2D eigenvalue weighted by atomic mass is 79.9. The maximum Gasteiger partial charge on any atom is 0.258 e. The van der Waals surface area contributed by atoms with Crippen molar-refractivity contribution in [3.63, 3.8) is 0 Å². The van der Waals surface area contributed by atoms with Gasteiger partial charge in [-0.15, -0.1) is 6.58 Å². The molecule has 0 atom stereocenters. The van der Waals surface area contributed by atoms with Crippen LogP contribution in [0.2, 0.25) is 0 Å². The molecular weight excluding hydrogens is 336 g/mol. The van der Waals surface area contributed by atoms with E-state index in [0.717, 1.165) is 16.6 Å². The number of nitrogens with one attached hydrogen (secondary N) is 2. The van der Waals surface area contributed by atoms with Crippen molar-refractivity contribution in [2.24, 2.45) is 0 Å². The molecule has 0 aliphatic heterocycles. The number of halogens is 1. The van der Waals surface area contributed by atoms with Crippen LogP contribution in [-0.4, -0.2) is 39.3 Å². The second-order valence-electron chi connectivity index (χ2n) is 4.30. The molecular formula is C15H21BrN2O3. The summed E-state index contributed by atoms with van der Waals surface area (Å²) in [5, 5.41) is 5.92. The van der Waals surface area contributed by atoms with Crippen molar-refractivity contribution in [3.05, 3.63) is 40.9 Å². The first-order valence-corrected chi connectivity index (χ1v) is 7.45. The minimum Gasteiger partial charge on any atom is -0.484 e. The minimum atomic E-state index is -0.169. The average Bonchev–Trinajstić information content (AvgIpc) is 2.49. The Balaban J connectivity index is 2.48. The Morgan fingerprint density at radius 2 is 2.29 bits per heavy atom. The molecule has 0 unspecified atom stereocenters. The lowest BCUT2D eigenvalue weighted by Crippen LogP contribution is -2.28. The molecule has 0 radical (unpaired) electrons. The molecule has 21 heavy (non-hydrogen) atoms. The van der Waals surface area contributed by atoms with E-state index < -0.39 is 0 Å². The smallest absolute Gasteiger partial charge is 0.258 e. The second-order valence-corrected chi connectivity index (χ2v) is 5.16. The van der Waals surface area contributed by atoms with Crippen molar-refractivity contribution in [2.75, 3.05) is 33.4 Å². The molecule has 0 aliphatic rings. The van der Waals surface area contributed by atoms with Crippen molar-refractivity contribution >= 4 is 21.8 Å². The van der Waals surface area contributed by atoms with Gasteiger partial charge in [0.2, 0.25) is 0 Å². The van der Waals surface area contributed by atoms with Crippen LogP contribution in [0.25, 0.3) is 0 Å². The molecule has 1 amide bonds. The van der Waals surface area contributed by atoms with E-state index in [9.17, 15) is 4.79 Å². The van der Waals surface area contributed by atoms with E-state index in [1.54, 1.807) is 13.2 Å². The Bertz CT molecular complexity index is 466. The molecule has 0 heterocycles. The molecule has 2 N–H and O–H groups in total. The van der Waals surface area contributed by atoms with Crippen LogP contribution in [0.4, 0.5) is 0 Å². The second kappa shape index (κ2) is 10.4. The number of carbonyl (C=O) groups excluding carboxylic acids is 1. The first-order valence-electron chi connectivity index (χ1n) is 6.66. The van der Waals surface area contributed by atoms with Gasteiger partial charge >= 0.3 is 0 Å². The fourth-order valence-electron chi connectivity index (χ4n) is 1.56. The highest BCUT2D eigenvalue weighted by Gasteiger charge is 2.05. The predicted molar refractivity (Wildman–Crippen MR) is 86.4 cm³/mol. The summed E-state index contributed by atoms with van der Waals surface area (Å²) in [6.45, 7) is 6.11. The van der Waals surface area contributed by atoms with E-state index >= 15 is 0 Å². The van der Waals surface area contributed by atoms with Gasteiger partial charge in [0.15, 0.2) is 6.61 Å². The Morgan fingerprint density at radius 1 is 1.48 bits per heavy atom. The van der Waals surface area contributed by atoms with E-state index in [0.29, 0.717) is 25.4 Å². The Hall–Kier alpha value is -1.37. The van der Waals surface area contributed by atoms with Crippen molar-refractivity contribution in [2.45, 2.75) is 6.54 Å². The zero-order valence-corrected chi connectivity index (χ0v) is 13.7. The summed E-state index contributed by atoms with van der Waals surface area (Å²) in [6.07, 6.45) is 1.63. The number of methoxy groups -OCH3 is 1. The summed E-state index contributed by atoms with van der Waals surface area (Å²) in [6, 6.07) is 5.64. The van der Waals surface area contributed by atoms with Crippen LogP contribution < -0.4 is 15.4 Å². The molecule has 1 rings (SSSR count). The SMILES string of the molecule is C=CCNC(=O)COc1ccc(Br)c(CNCCOC)c1. The third-order valence-corrected chi connectivity index (χ3v) is 3.40. The van der Waals surface area contributed by atoms with Crippen molar-refractivity contribution in [1.29, 1.82) is 0 Å². The zero-order valence-electron chi connectivity index (χ0n) is 12.2. The zero-order chi connectivity index (χ0) is 15.5. The normalized spacial score (nSPS) is 10.2. The maximum absolute atomic E-state index is 11.5. The minimum absolute atomic E-state index is 0.00792. The van der Waals surface area contributed by atoms with Crippen LogP contribution in [0, 0.1) is 0 Å². The van der Waals surface area contributed by atoms with Crippen molar-refractivity contribution < 1.29 is 14.3 Å². The third kappa shape index (κ3) is 7.27. The van der Waals surface area contributed by atoms with Gasteiger partial charge in [-0.3, -0.25) is 4.79 Å². The molecule has 0 spiro atoms. The predicted octanol–water partition coefficient (Wildman–Crippen LogP) is 1.87. The lowest BCUT2D eigenvalue weighted by molar-refractivity contribution is -0.122. The molecule has 5 nitrogen and oxygen atoms in total. The van der Waals surface area contributed by atoms with Crippen LogP contribution in [0.15, 0.2) is 35.3 Å². The number of carbonyl (C=O) groups is 1. The number of hydrogen-bond donors (Lipinski definition) is 2. The van der Waals surface area contributed by atoms with Gasteiger partial charge < -0.3 is 20.1 Å². The summed E-state index contributed by atoms with van der Waals surface area (Å²) in [5.41, 5.74) is 1.06. The van der Waals surface area contributed by atoms with Gasteiger partial charge in [0.05, 0.1) is 6.61 Å². The van der Waals surface area contributed by atoms with Gasteiger partial charge in [0.25, 0.3) is 5.91 Å². The van der Waals surface area contributed by atoms with E-state index in [1.165, 1.54) is 0 Å². The Labute approximate surface area is 133 Å². The molecule has 116 valence electrons. The van der Waals surface area contributed by atoms with E-state index in [4.69, 9.17) is 9.47 Å². The Kier molecular flexibility index (Phi) is 8.73. The van der Waals surface area contributed by atoms with Crippen LogP contribution >= 0.6 is 15.9 Å². The molecule has 0 fully saturated rings. The molecule has 0 bridgehead atoms. The largest absolute Gasteiger partial charge is 0.484 e. The highest BCUT2D eigenvalue weighted by molar-refractivity contribution is 9.10. The van der Waals surface area contributed by atoms with Crippen molar-refractivity contribution in [3.8, 4) is 5.75 Å². The number of ether oxygens (including phenoxy) is 2. The maximum atomic E-state index is 11.5. The topological polar surface area (TPSA) is 59.6 Å². The molecule has 6 heteroatoms. The first-order chi connectivity index (χ1) is 10.2. The van der Waals surface area contributed by atoms with E-state index in [1.807, 2.05) is 18.2 Å². The summed E-state index contributed by atoms with van der Waals surface area (Å²) in [5.74, 6) is 0.494. The van der Waals surface area contributed by atoms with E-state index in [2.05, 4.69) is 33.1 Å². The lowest BCUT2D eigenvalue weighted by atomic mass is 10.2. The van der Waals surface area contributed by atoms with E-state index in [-0.39, 0.29) is 12.5 Å². The molecule has 0 aliphatic carbocycles. The molecule has 0 aromatic heterocycles. The number of benzene rings is 1. The lowest BCUT2D eigenvalue weighted by Gasteiger charge is -2.10. The summed E-state index contributed by atoms with van der Waals surface area (Å²) >= 11 is 3.50. The monoisotopic (exact) mass is 356 g/mol. The molecule has 0 saturated heterocycles. The van der Waals surface area contributed by atoms with Gasteiger partial charge in [-0.05, 0) is 23.8 Å². The van der Waals surface area contributed by atoms with Gasteiger partial charge in [-0.2, -0.15) is 0 Å². The quantitative estimate of drug-likeness (QED) is 0.496. The molecule has 1 aromatic rings. The van der Waals surface area contributed by atoms with Gasteiger partial charge in [0.1, 0.15) is 5.75 Å². The summed E-state index contributed by atoms with van der Waals surface area (Å²) < 4.78 is 11.4. The van der Waals surface area contributed by atoms with Crippen LogP contribution in [0.5, 0.6) is 5.75 Å². The van der Waals surface area contributed by atoms with Gasteiger partial charge in [0, 0.05) is 31.2 Å². The van der Waals surface area contributed by atoms with Crippen LogP contribution in [0.1, 0.15) is 5.56 Å². The average molecular weight is 357 g/mol.